The SMILES string of the molecule is COc1ccc(N2CCC(C(=O)N3CCN(Cc4ccccc4)CC3)CC2)nn1. The number of methoxy groups -OCH3 is 1. The molecule has 3 heterocycles. The van der Waals surface area contributed by atoms with Crippen LogP contribution in [0.2, 0.25) is 0 Å². The van der Waals surface area contributed by atoms with Crippen molar-refractivity contribution in [1.29, 1.82) is 0 Å². The average molecular weight is 396 g/mol. The Kier molecular flexibility index (Phi) is 6.24. The van der Waals surface area contributed by atoms with Gasteiger partial charge < -0.3 is 14.5 Å². The molecule has 0 unspecified atom stereocenters. The van der Waals surface area contributed by atoms with E-state index in [1.165, 1.54) is 5.56 Å². The smallest absolute Gasteiger partial charge is 0.233 e. The normalized spacial score (nSPS) is 18.7. The summed E-state index contributed by atoms with van der Waals surface area (Å²) in [4.78, 5) is 19.7. The van der Waals surface area contributed by atoms with Crippen LogP contribution < -0.4 is 9.64 Å². The minimum absolute atomic E-state index is 0.123. The number of anilines is 1. The van der Waals surface area contributed by atoms with E-state index in [1.807, 2.05) is 18.2 Å². The first-order chi connectivity index (χ1) is 14.2. The number of hydrogen-bond donors (Lipinski definition) is 0. The van der Waals surface area contributed by atoms with E-state index in [-0.39, 0.29) is 5.92 Å². The molecule has 0 saturated carbocycles. The molecule has 2 saturated heterocycles. The molecule has 0 radical (unpaired) electrons. The Morgan fingerprint density at radius 1 is 0.966 bits per heavy atom. The highest BCUT2D eigenvalue weighted by Gasteiger charge is 2.30. The highest BCUT2D eigenvalue weighted by molar-refractivity contribution is 5.79. The van der Waals surface area contributed by atoms with Gasteiger partial charge in [-0.15, -0.1) is 10.2 Å². The standard InChI is InChI=1S/C22H29N5O2/c1-29-21-8-7-20(23-24-21)26-11-9-19(10-12-26)22(28)27-15-13-25(14-16-27)17-18-5-3-2-4-6-18/h2-8,19H,9-17H2,1H3. The van der Waals surface area contributed by atoms with Crippen molar-refractivity contribution in [3.05, 3.63) is 48.0 Å². The first-order valence-electron chi connectivity index (χ1n) is 10.4. The number of benzene rings is 1. The summed E-state index contributed by atoms with van der Waals surface area (Å²) in [7, 11) is 1.59. The molecule has 1 aromatic heterocycles. The van der Waals surface area contributed by atoms with Gasteiger partial charge in [0.2, 0.25) is 11.8 Å². The molecule has 0 atom stereocenters. The number of carbonyl (C=O) groups is 1. The van der Waals surface area contributed by atoms with E-state index >= 15 is 0 Å². The van der Waals surface area contributed by atoms with Crippen LogP contribution in [-0.2, 0) is 11.3 Å². The molecule has 2 aromatic rings. The molecule has 1 amide bonds. The van der Waals surface area contributed by atoms with E-state index in [9.17, 15) is 4.79 Å². The lowest BCUT2D eigenvalue weighted by atomic mass is 9.95. The maximum absolute atomic E-state index is 13.0. The molecule has 0 N–H and O–H groups in total. The zero-order valence-electron chi connectivity index (χ0n) is 17.0. The van der Waals surface area contributed by atoms with Gasteiger partial charge >= 0.3 is 0 Å². The number of amides is 1. The van der Waals surface area contributed by atoms with Gasteiger partial charge in [0, 0.05) is 57.8 Å². The number of nitrogens with zero attached hydrogens (tertiary/aromatic N) is 5. The predicted molar refractivity (Wildman–Crippen MR) is 112 cm³/mol. The molecule has 0 aliphatic carbocycles. The fourth-order valence-electron chi connectivity index (χ4n) is 4.17. The van der Waals surface area contributed by atoms with Gasteiger partial charge in [-0.1, -0.05) is 30.3 Å². The van der Waals surface area contributed by atoms with Crippen LogP contribution in [0.15, 0.2) is 42.5 Å². The molecule has 29 heavy (non-hydrogen) atoms. The van der Waals surface area contributed by atoms with Crippen LogP contribution in [0.3, 0.4) is 0 Å². The average Bonchev–Trinajstić information content (AvgIpc) is 2.80. The van der Waals surface area contributed by atoms with Crippen molar-refractivity contribution in [3.63, 3.8) is 0 Å². The van der Waals surface area contributed by atoms with E-state index in [0.29, 0.717) is 11.8 Å². The van der Waals surface area contributed by atoms with Gasteiger partial charge in [0.15, 0.2) is 5.82 Å². The van der Waals surface area contributed by atoms with Gasteiger partial charge in [0.25, 0.3) is 0 Å². The number of ether oxygens (including phenoxy) is 1. The van der Waals surface area contributed by atoms with Crippen molar-refractivity contribution < 1.29 is 9.53 Å². The number of carbonyl (C=O) groups excluding carboxylic acids is 1. The molecule has 4 rings (SSSR count). The lowest BCUT2D eigenvalue weighted by Gasteiger charge is -2.38. The van der Waals surface area contributed by atoms with Gasteiger partial charge in [0.1, 0.15) is 0 Å². The molecular formula is C22H29N5O2. The van der Waals surface area contributed by atoms with Crippen LogP contribution in [0.4, 0.5) is 5.82 Å². The Morgan fingerprint density at radius 2 is 1.69 bits per heavy atom. The summed E-state index contributed by atoms with van der Waals surface area (Å²) in [6.07, 6.45) is 1.74. The van der Waals surface area contributed by atoms with Crippen molar-refractivity contribution in [1.82, 2.24) is 20.0 Å². The zero-order valence-corrected chi connectivity index (χ0v) is 17.0. The van der Waals surface area contributed by atoms with Gasteiger partial charge in [-0.2, -0.15) is 0 Å². The van der Waals surface area contributed by atoms with E-state index in [0.717, 1.165) is 64.5 Å². The summed E-state index contributed by atoms with van der Waals surface area (Å²) >= 11 is 0. The second kappa shape index (κ2) is 9.22. The second-order valence-electron chi connectivity index (χ2n) is 7.78. The van der Waals surface area contributed by atoms with Gasteiger partial charge in [0.05, 0.1) is 7.11 Å². The van der Waals surface area contributed by atoms with Crippen molar-refractivity contribution in [2.45, 2.75) is 19.4 Å². The van der Waals surface area contributed by atoms with E-state index in [4.69, 9.17) is 4.74 Å². The monoisotopic (exact) mass is 395 g/mol. The van der Waals surface area contributed by atoms with Crippen molar-refractivity contribution in [2.24, 2.45) is 5.92 Å². The molecule has 1 aromatic carbocycles. The van der Waals surface area contributed by atoms with Gasteiger partial charge in [-0.25, -0.2) is 0 Å². The number of aromatic nitrogens is 2. The van der Waals surface area contributed by atoms with Crippen LogP contribution in [-0.4, -0.2) is 72.3 Å². The Bertz CT molecular complexity index is 783. The lowest BCUT2D eigenvalue weighted by molar-refractivity contribution is -0.138. The van der Waals surface area contributed by atoms with E-state index in [1.54, 1.807) is 7.11 Å². The Morgan fingerprint density at radius 3 is 2.31 bits per heavy atom. The molecule has 2 aliphatic rings. The van der Waals surface area contributed by atoms with Gasteiger partial charge in [-0.3, -0.25) is 9.69 Å². The molecule has 2 aliphatic heterocycles. The van der Waals surface area contributed by atoms with Crippen LogP contribution in [0.5, 0.6) is 5.88 Å². The third kappa shape index (κ3) is 4.85. The van der Waals surface area contributed by atoms with Crippen molar-refractivity contribution in [3.8, 4) is 5.88 Å². The maximum Gasteiger partial charge on any atom is 0.233 e. The summed E-state index contributed by atoms with van der Waals surface area (Å²) in [5, 5.41) is 8.27. The molecule has 0 bridgehead atoms. The summed E-state index contributed by atoms with van der Waals surface area (Å²) in [6, 6.07) is 14.3. The first kappa shape index (κ1) is 19.6. The fourth-order valence-corrected chi connectivity index (χ4v) is 4.17. The second-order valence-corrected chi connectivity index (χ2v) is 7.78. The quantitative estimate of drug-likeness (QED) is 0.772. The largest absolute Gasteiger partial charge is 0.480 e. The zero-order chi connectivity index (χ0) is 20.1. The lowest BCUT2D eigenvalue weighted by Crippen LogP contribution is -2.51. The highest BCUT2D eigenvalue weighted by Crippen LogP contribution is 2.24. The molecule has 2 fully saturated rings. The number of piperazine rings is 1. The minimum atomic E-state index is 0.123. The summed E-state index contributed by atoms with van der Waals surface area (Å²) in [5.74, 6) is 1.82. The minimum Gasteiger partial charge on any atom is -0.480 e. The summed E-state index contributed by atoms with van der Waals surface area (Å²) < 4.78 is 5.07. The molecule has 7 nitrogen and oxygen atoms in total. The van der Waals surface area contributed by atoms with Gasteiger partial charge in [-0.05, 0) is 24.5 Å². The number of hydrogen-bond acceptors (Lipinski definition) is 6. The summed E-state index contributed by atoms with van der Waals surface area (Å²) in [5.41, 5.74) is 1.33. The van der Waals surface area contributed by atoms with Crippen LogP contribution >= 0.6 is 0 Å². The first-order valence-corrected chi connectivity index (χ1v) is 10.4. The topological polar surface area (TPSA) is 61.8 Å². The van der Waals surface area contributed by atoms with Crippen molar-refractivity contribution >= 4 is 11.7 Å². The molecule has 7 heteroatoms. The van der Waals surface area contributed by atoms with Crippen LogP contribution in [0.1, 0.15) is 18.4 Å². The number of rotatable bonds is 5. The summed E-state index contributed by atoms with van der Waals surface area (Å²) in [6.45, 7) is 6.19. The third-order valence-corrected chi connectivity index (χ3v) is 5.94. The number of piperidine rings is 1. The molecule has 0 spiro atoms. The molecule has 154 valence electrons. The Labute approximate surface area is 172 Å². The van der Waals surface area contributed by atoms with Crippen LogP contribution in [0, 0.1) is 5.92 Å². The Balaban J connectivity index is 1.23. The van der Waals surface area contributed by atoms with Crippen molar-refractivity contribution in [2.75, 3.05) is 51.3 Å². The van der Waals surface area contributed by atoms with E-state index < -0.39 is 0 Å². The Hall–Kier alpha value is -2.67. The highest BCUT2D eigenvalue weighted by atomic mass is 16.5. The van der Waals surface area contributed by atoms with E-state index in [2.05, 4.69) is 49.2 Å². The van der Waals surface area contributed by atoms with Crippen LogP contribution in [0.25, 0.3) is 0 Å². The molecular weight excluding hydrogens is 366 g/mol. The maximum atomic E-state index is 13.0. The fraction of sp³-hybridized carbons (Fsp3) is 0.500. The predicted octanol–water partition coefficient (Wildman–Crippen LogP) is 2.05. The third-order valence-electron chi connectivity index (χ3n) is 5.94.